The van der Waals surface area contributed by atoms with Crippen molar-refractivity contribution in [3.8, 4) is 0 Å². The Bertz CT molecular complexity index is 1080. The minimum absolute atomic E-state index is 0.0996. The molecule has 0 atom stereocenters. The van der Waals surface area contributed by atoms with Gasteiger partial charge >= 0.3 is 5.97 Å². The number of hydrogen-bond acceptors (Lipinski definition) is 6. The van der Waals surface area contributed by atoms with Gasteiger partial charge in [-0.2, -0.15) is 0 Å². The molecule has 2 aromatic heterocycles. The summed E-state index contributed by atoms with van der Waals surface area (Å²) in [6, 6.07) is 8.47. The number of aryl methyl sites for hydroxylation is 2. The lowest BCUT2D eigenvalue weighted by atomic mass is 10.1. The van der Waals surface area contributed by atoms with Gasteiger partial charge in [0, 0.05) is 41.6 Å². The van der Waals surface area contributed by atoms with Gasteiger partial charge in [0.1, 0.15) is 0 Å². The predicted molar refractivity (Wildman–Crippen MR) is 119 cm³/mol. The smallest absolute Gasteiger partial charge is 0.305 e. The van der Waals surface area contributed by atoms with Crippen LogP contribution in [0.2, 0.25) is 10.0 Å². The fourth-order valence-corrected chi connectivity index (χ4v) is 3.35. The van der Waals surface area contributed by atoms with E-state index in [0.717, 1.165) is 11.4 Å². The van der Waals surface area contributed by atoms with E-state index >= 15 is 0 Å². The summed E-state index contributed by atoms with van der Waals surface area (Å²) in [6.45, 7) is 3.86. The molecule has 10 heteroatoms. The van der Waals surface area contributed by atoms with Crippen molar-refractivity contribution in [3.05, 3.63) is 69.7 Å². The zero-order chi connectivity index (χ0) is 22.5. The Hall–Kier alpha value is -3.23. The second kappa shape index (κ2) is 9.72. The molecule has 0 spiro atoms. The molecule has 3 aromatic rings. The first-order valence-corrected chi connectivity index (χ1v) is 10.0. The van der Waals surface area contributed by atoms with E-state index in [1.807, 2.05) is 19.9 Å². The molecule has 0 bridgehead atoms. The van der Waals surface area contributed by atoms with E-state index in [9.17, 15) is 9.59 Å². The number of carbonyl (C=O) groups is 2. The summed E-state index contributed by atoms with van der Waals surface area (Å²) in [6.07, 6.45) is 2.67. The molecule has 0 fully saturated rings. The van der Waals surface area contributed by atoms with Gasteiger partial charge in [-0.05, 0) is 44.2 Å². The van der Waals surface area contributed by atoms with Gasteiger partial charge in [-0.25, -0.2) is 9.97 Å². The maximum absolute atomic E-state index is 12.6. The van der Waals surface area contributed by atoms with E-state index < -0.39 is 11.9 Å². The van der Waals surface area contributed by atoms with Crippen LogP contribution in [0.1, 0.15) is 28.2 Å². The van der Waals surface area contributed by atoms with Gasteiger partial charge in [0.25, 0.3) is 5.91 Å². The van der Waals surface area contributed by atoms with Crippen LogP contribution in [0.3, 0.4) is 0 Å². The van der Waals surface area contributed by atoms with Gasteiger partial charge in [-0.15, -0.1) is 0 Å². The molecule has 1 amide bonds. The van der Waals surface area contributed by atoms with E-state index in [1.54, 1.807) is 29.2 Å². The number of amides is 1. The number of carbonyl (C=O) groups excluding carboxylic acids is 1. The molecular weight excluding hydrogens is 441 g/mol. The maximum atomic E-state index is 12.6. The topological polar surface area (TPSA) is 108 Å². The minimum Gasteiger partial charge on any atom is -0.481 e. The number of pyridine rings is 1. The number of anilines is 3. The third-order valence-electron chi connectivity index (χ3n) is 4.29. The van der Waals surface area contributed by atoms with Gasteiger partial charge in [-0.1, -0.05) is 23.2 Å². The lowest BCUT2D eigenvalue weighted by Crippen LogP contribution is -2.23. The van der Waals surface area contributed by atoms with Crippen molar-refractivity contribution in [2.45, 2.75) is 20.3 Å². The molecule has 0 aliphatic carbocycles. The van der Waals surface area contributed by atoms with Crippen molar-refractivity contribution >= 4 is 52.4 Å². The third kappa shape index (κ3) is 5.68. The van der Waals surface area contributed by atoms with E-state index in [4.69, 9.17) is 28.3 Å². The molecule has 0 saturated heterocycles. The Morgan fingerprint density at radius 3 is 2.16 bits per heavy atom. The highest BCUT2D eigenvalue weighted by atomic mass is 35.5. The van der Waals surface area contributed by atoms with Crippen molar-refractivity contribution in [1.82, 2.24) is 15.0 Å². The van der Waals surface area contributed by atoms with Crippen LogP contribution >= 0.6 is 23.2 Å². The second-order valence-electron chi connectivity index (χ2n) is 6.73. The van der Waals surface area contributed by atoms with Crippen LogP contribution in [0, 0.1) is 13.8 Å². The molecule has 0 aliphatic rings. The molecule has 0 saturated carbocycles. The lowest BCUT2D eigenvalue weighted by Gasteiger charge is -2.23. The number of nitrogens with one attached hydrogen (secondary N) is 1. The van der Waals surface area contributed by atoms with Gasteiger partial charge < -0.3 is 15.3 Å². The van der Waals surface area contributed by atoms with Gasteiger partial charge in [0.05, 0.1) is 22.2 Å². The summed E-state index contributed by atoms with van der Waals surface area (Å²) >= 11 is 12.1. The molecule has 160 valence electrons. The SMILES string of the molecule is Cc1cc(C)nc(N(CCC(=O)O)c2ccc(C(=O)Nc3c(Cl)cncc3Cl)cc2)n1. The number of benzene rings is 1. The summed E-state index contributed by atoms with van der Waals surface area (Å²) < 4.78 is 0. The van der Waals surface area contributed by atoms with E-state index in [1.165, 1.54) is 12.4 Å². The summed E-state index contributed by atoms with van der Waals surface area (Å²) in [4.78, 5) is 38.1. The highest BCUT2D eigenvalue weighted by Crippen LogP contribution is 2.29. The second-order valence-corrected chi connectivity index (χ2v) is 7.54. The van der Waals surface area contributed by atoms with Crippen LogP contribution < -0.4 is 10.2 Å². The fraction of sp³-hybridized carbons (Fsp3) is 0.190. The Kier molecular flexibility index (Phi) is 7.04. The fourth-order valence-electron chi connectivity index (χ4n) is 2.89. The molecule has 1 aromatic carbocycles. The first kappa shape index (κ1) is 22.5. The van der Waals surface area contributed by atoms with Crippen molar-refractivity contribution in [2.75, 3.05) is 16.8 Å². The van der Waals surface area contributed by atoms with E-state index in [-0.39, 0.29) is 28.7 Å². The molecule has 2 heterocycles. The van der Waals surface area contributed by atoms with Crippen LogP contribution in [-0.4, -0.2) is 38.5 Å². The number of carboxylic acid groups (broad SMARTS) is 1. The summed E-state index contributed by atoms with van der Waals surface area (Å²) in [7, 11) is 0. The van der Waals surface area contributed by atoms with Gasteiger partial charge in [0.15, 0.2) is 0 Å². The normalized spacial score (nSPS) is 10.6. The largest absolute Gasteiger partial charge is 0.481 e. The molecule has 0 unspecified atom stereocenters. The Balaban J connectivity index is 1.86. The van der Waals surface area contributed by atoms with E-state index in [0.29, 0.717) is 17.2 Å². The molecule has 8 nitrogen and oxygen atoms in total. The van der Waals surface area contributed by atoms with Crippen molar-refractivity contribution in [2.24, 2.45) is 0 Å². The summed E-state index contributed by atoms with van der Waals surface area (Å²) in [5.41, 5.74) is 2.84. The lowest BCUT2D eigenvalue weighted by molar-refractivity contribution is -0.136. The molecule has 0 radical (unpaired) electrons. The predicted octanol–water partition coefficient (Wildman–Crippen LogP) is 4.66. The average Bonchev–Trinajstić information content (AvgIpc) is 2.70. The van der Waals surface area contributed by atoms with Crippen LogP contribution in [-0.2, 0) is 4.79 Å². The zero-order valence-electron chi connectivity index (χ0n) is 16.8. The highest BCUT2D eigenvalue weighted by molar-refractivity contribution is 6.39. The number of rotatable bonds is 7. The van der Waals surface area contributed by atoms with Crippen molar-refractivity contribution in [3.63, 3.8) is 0 Å². The Morgan fingerprint density at radius 1 is 1.03 bits per heavy atom. The quantitative estimate of drug-likeness (QED) is 0.528. The van der Waals surface area contributed by atoms with Crippen LogP contribution in [0.25, 0.3) is 0 Å². The highest BCUT2D eigenvalue weighted by Gasteiger charge is 2.17. The number of aromatic nitrogens is 3. The summed E-state index contributed by atoms with van der Waals surface area (Å²) in [5, 5.41) is 12.2. The standard InChI is InChI=1S/C21H19Cl2N5O3/c1-12-9-13(2)26-21(25-12)28(8-7-18(29)30)15-5-3-14(4-6-15)20(31)27-19-16(22)10-24-11-17(19)23/h3-6,9-11H,7-8H2,1-2H3,(H,29,30)(H,24,27,31). The first-order chi connectivity index (χ1) is 14.7. The third-order valence-corrected chi connectivity index (χ3v) is 4.87. The first-order valence-electron chi connectivity index (χ1n) is 9.26. The number of carboxylic acids is 1. The Labute approximate surface area is 188 Å². The van der Waals surface area contributed by atoms with Gasteiger partial charge in [-0.3, -0.25) is 14.6 Å². The van der Waals surface area contributed by atoms with Crippen LogP contribution in [0.15, 0.2) is 42.7 Å². The number of aliphatic carboxylic acids is 1. The average molecular weight is 460 g/mol. The zero-order valence-corrected chi connectivity index (χ0v) is 18.3. The molecule has 0 aliphatic heterocycles. The van der Waals surface area contributed by atoms with Crippen LogP contribution in [0.5, 0.6) is 0 Å². The minimum atomic E-state index is -0.934. The van der Waals surface area contributed by atoms with Crippen molar-refractivity contribution < 1.29 is 14.7 Å². The molecule has 2 N–H and O–H groups in total. The van der Waals surface area contributed by atoms with E-state index in [2.05, 4.69) is 20.3 Å². The molecule has 3 rings (SSSR count). The number of halogens is 2. The Morgan fingerprint density at radius 2 is 1.61 bits per heavy atom. The molecule has 31 heavy (non-hydrogen) atoms. The van der Waals surface area contributed by atoms with Crippen LogP contribution in [0.4, 0.5) is 17.3 Å². The number of hydrogen-bond donors (Lipinski definition) is 2. The van der Waals surface area contributed by atoms with Crippen molar-refractivity contribution in [1.29, 1.82) is 0 Å². The monoisotopic (exact) mass is 459 g/mol. The number of nitrogens with zero attached hydrogens (tertiary/aromatic N) is 4. The maximum Gasteiger partial charge on any atom is 0.305 e. The summed E-state index contributed by atoms with van der Waals surface area (Å²) in [5.74, 6) is -0.941. The molecular formula is C21H19Cl2N5O3. The van der Waals surface area contributed by atoms with Gasteiger partial charge in [0.2, 0.25) is 5.95 Å².